The van der Waals surface area contributed by atoms with E-state index in [4.69, 9.17) is 16.3 Å². The van der Waals surface area contributed by atoms with Gasteiger partial charge in [0.2, 0.25) is 0 Å². The minimum Gasteiger partial charge on any atom is -0.496 e. The Balaban J connectivity index is 3.32. The number of benzene rings is 1. The Labute approximate surface area is 88.1 Å². The topological polar surface area (TPSA) is 9.23 Å². The summed E-state index contributed by atoms with van der Waals surface area (Å²) < 4.78 is 18.6. The van der Waals surface area contributed by atoms with Gasteiger partial charge in [-0.1, -0.05) is 6.58 Å². The third-order valence-corrected chi connectivity index (χ3v) is 2.26. The Morgan fingerprint density at radius 2 is 2.21 bits per heavy atom. The molecule has 1 aromatic carbocycles. The van der Waals surface area contributed by atoms with Crippen LogP contribution < -0.4 is 4.74 Å². The molecule has 0 heterocycles. The Bertz CT molecular complexity index is 361. The molecule has 0 aromatic heterocycles. The van der Waals surface area contributed by atoms with Crippen molar-refractivity contribution in [3.05, 3.63) is 35.7 Å². The zero-order chi connectivity index (χ0) is 10.7. The van der Waals surface area contributed by atoms with Gasteiger partial charge in [0.1, 0.15) is 11.6 Å². The molecule has 1 aromatic rings. The van der Waals surface area contributed by atoms with Gasteiger partial charge in [0.05, 0.1) is 12.7 Å². The molecule has 0 aliphatic heterocycles. The second-order valence-electron chi connectivity index (χ2n) is 3.06. The van der Waals surface area contributed by atoms with Crippen molar-refractivity contribution in [1.29, 1.82) is 0 Å². The smallest absolute Gasteiger partial charge is 0.134 e. The van der Waals surface area contributed by atoms with Crippen molar-refractivity contribution in [3.8, 4) is 5.75 Å². The Kier molecular flexibility index (Phi) is 3.53. The first kappa shape index (κ1) is 11.1. The van der Waals surface area contributed by atoms with Gasteiger partial charge in [-0.2, -0.15) is 0 Å². The summed E-state index contributed by atoms with van der Waals surface area (Å²) in [4.78, 5) is 0. The minimum absolute atomic E-state index is 0.191. The molecule has 0 saturated carbocycles. The third-order valence-electron chi connectivity index (χ3n) is 1.93. The van der Waals surface area contributed by atoms with Crippen molar-refractivity contribution < 1.29 is 9.13 Å². The highest BCUT2D eigenvalue weighted by Gasteiger charge is 2.12. The van der Waals surface area contributed by atoms with Gasteiger partial charge in [0.15, 0.2) is 0 Å². The van der Waals surface area contributed by atoms with Crippen LogP contribution >= 0.6 is 11.6 Å². The summed E-state index contributed by atoms with van der Waals surface area (Å²) in [5, 5.41) is 0. The minimum atomic E-state index is -0.340. The Hall–Kier alpha value is -1.02. The van der Waals surface area contributed by atoms with Crippen molar-refractivity contribution in [3.63, 3.8) is 0 Å². The predicted molar refractivity (Wildman–Crippen MR) is 57.4 cm³/mol. The van der Waals surface area contributed by atoms with Crippen molar-refractivity contribution in [2.75, 3.05) is 13.0 Å². The molecule has 1 rings (SSSR count). The monoisotopic (exact) mass is 214 g/mol. The molecular weight excluding hydrogens is 203 g/mol. The Morgan fingerprint density at radius 3 is 2.71 bits per heavy atom. The third kappa shape index (κ3) is 2.07. The first-order chi connectivity index (χ1) is 6.60. The summed E-state index contributed by atoms with van der Waals surface area (Å²) in [6.07, 6.45) is 0. The zero-order valence-electron chi connectivity index (χ0n) is 8.23. The van der Waals surface area contributed by atoms with Crippen LogP contribution in [0.2, 0.25) is 0 Å². The number of hydrogen-bond donors (Lipinski definition) is 0. The van der Waals surface area contributed by atoms with E-state index in [0.717, 1.165) is 5.56 Å². The van der Waals surface area contributed by atoms with Gasteiger partial charge >= 0.3 is 0 Å². The van der Waals surface area contributed by atoms with Gasteiger partial charge in [-0.25, -0.2) is 4.39 Å². The second-order valence-corrected chi connectivity index (χ2v) is 3.33. The molecule has 0 N–H and O–H groups in total. The quantitative estimate of drug-likeness (QED) is 0.701. The highest BCUT2D eigenvalue weighted by molar-refractivity contribution is 6.23. The van der Waals surface area contributed by atoms with Crippen LogP contribution in [0.4, 0.5) is 4.39 Å². The number of rotatable bonds is 3. The number of allylic oxidation sites excluding steroid dienone is 1. The van der Waals surface area contributed by atoms with Gasteiger partial charge in [0, 0.05) is 5.88 Å². The molecule has 0 radical (unpaired) electrons. The van der Waals surface area contributed by atoms with E-state index in [1.54, 1.807) is 13.0 Å². The van der Waals surface area contributed by atoms with Crippen LogP contribution in [-0.4, -0.2) is 13.0 Å². The Morgan fingerprint density at radius 1 is 1.57 bits per heavy atom. The van der Waals surface area contributed by atoms with Crippen LogP contribution in [0, 0.1) is 12.7 Å². The molecule has 0 unspecified atom stereocenters. The van der Waals surface area contributed by atoms with Crippen LogP contribution in [-0.2, 0) is 0 Å². The van der Waals surface area contributed by atoms with Crippen molar-refractivity contribution >= 4 is 17.2 Å². The molecule has 0 aliphatic carbocycles. The normalized spacial score (nSPS) is 10.0. The van der Waals surface area contributed by atoms with E-state index in [2.05, 4.69) is 6.58 Å². The summed E-state index contributed by atoms with van der Waals surface area (Å²) in [6.45, 7) is 5.49. The lowest BCUT2D eigenvalue weighted by Crippen LogP contribution is -1.97. The number of aryl methyl sites for hydroxylation is 1. The van der Waals surface area contributed by atoms with E-state index in [1.807, 2.05) is 0 Å². The molecule has 0 spiro atoms. The number of alkyl halides is 1. The van der Waals surface area contributed by atoms with Gasteiger partial charge < -0.3 is 4.74 Å². The van der Waals surface area contributed by atoms with Crippen LogP contribution in [0.3, 0.4) is 0 Å². The first-order valence-electron chi connectivity index (χ1n) is 4.18. The maximum absolute atomic E-state index is 13.5. The highest BCUT2D eigenvalue weighted by atomic mass is 35.5. The fourth-order valence-electron chi connectivity index (χ4n) is 1.28. The van der Waals surface area contributed by atoms with E-state index in [-0.39, 0.29) is 11.7 Å². The highest BCUT2D eigenvalue weighted by Crippen LogP contribution is 2.29. The number of methoxy groups -OCH3 is 1. The van der Waals surface area contributed by atoms with Gasteiger partial charge in [-0.05, 0) is 30.2 Å². The molecule has 0 atom stereocenters. The maximum atomic E-state index is 13.5. The van der Waals surface area contributed by atoms with Gasteiger partial charge in [-0.3, -0.25) is 0 Å². The molecule has 1 nitrogen and oxygen atoms in total. The molecule has 14 heavy (non-hydrogen) atoms. The molecule has 0 saturated heterocycles. The second kappa shape index (κ2) is 4.47. The molecule has 0 aliphatic rings. The summed E-state index contributed by atoms with van der Waals surface area (Å²) in [5.41, 5.74) is 1.71. The standard InChI is InChI=1S/C11H12ClFO/c1-7-4-9(13)11(8(2)6-12)10(5-7)14-3/h4-5H,2,6H2,1,3H3. The van der Waals surface area contributed by atoms with E-state index in [0.29, 0.717) is 16.9 Å². The van der Waals surface area contributed by atoms with Crippen molar-refractivity contribution in [1.82, 2.24) is 0 Å². The first-order valence-corrected chi connectivity index (χ1v) is 4.71. The van der Waals surface area contributed by atoms with Crippen LogP contribution in [0.15, 0.2) is 18.7 Å². The molecule has 0 bridgehead atoms. The van der Waals surface area contributed by atoms with Crippen LogP contribution in [0.1, 0.15) is 11.1 Å². The maximum Gasteiger partial charge on any atom is 0.134 e. The average Bonchev–Trinajstić information content (AvgIpc) is 2.15. The summed E-state index contributed by atoms with van der Waals surface area (Å²) in [7, 11) is 1.50. The lowest BCUT2D eigenvalue weighted by atomic mass is 10.0. The molecule has 76 valence electrons. The molecule has 0 fully saturated rings. The zero-order valence-corrected chi connectivity index (χ0v) is 8.99. The fraction of sp³-hybridized carbons (Fsp3) is 0.273. The largest absolute Gasteiger partial charge is 0.496 e. The summed E-state index contributed by atoms with van der Waals surface area (Å²) >= 11 is 5.61. The van der Waals surface area contributed by atoms with Gasteiger partial charge in [0.25, 0.3) is 0 Å². The fourth-order valence-corrected chi connectivity index (χ4v) is 1.41. The van der Waals surface area contributed by atoms with Crippen LogP contribution in [0.25, 0.3) is 5.57 Å². The number of halogens is 2. The van der Waals surface area contributed by atoms with Crippen molar-refractivity contribution in [2.45, 2.75) is 6.92 Å². The predicted octanol–water partition coefficient (Wildman–Crippen LogP) is 3.39. The lowest BCUT2D eigenvalue weighted by molar-refractivity contribution is 0.409. The van der Waals surface area contributed by atoms with Gasteiger partial charge in [-0.15, -0.1) is 11.6 Å². The number of hydrogen-bond acceptors (Lipinski definition) is 1. The molecule has 0 amide bonds. The van der Waals surface area contributed by atoms with E-state index < -0.39 is 0 Å². The summed E-state index contributed by atoms with van der Waals surface area (Å²) in [5.74, 6) is 0.330. The average molecular weight is 215 g/mol. The van der Waals surface area contributed by atoms with E-state index >= 15 is 0 Å². The lowest BCUT2D eigenvalue weighted by Gasteiger charge is -2.11. The van der Waals surface area contributed by atoms with Crippen LogP contribution in [0.5, 0.6) is 5.75 Å². The van der Waals surface area contributed by atoms with Crippen molar-refractivity contribution in [2.24, 2.45) is 0 Å². The SMILES string of the molecule is C=C(CCl)c1c(F)cc(C)cc1OC. The number of ether oxygens (including phenoxy) is 1. The summed E-state index contributed by atoms with van der Waals surface area (Å²) in [6, 6.07) is 3.20. The van der Waals surface area contributed by atoms with E-state index in [1.165, 1.54) is 13.2 Å². The molecular formula is C11H12ClFO. The molecule has 3 heteroatoms. The van der Waals surface area contributed by atoms with E-state index in [9.17, 15) is 4.39 Å².